The molecule has 1 heterocycles. The Morgan fingerprint density at radius 2 is 2.10 bits per heavy atom. The van der Waals surface area contributed by atoms with E-state index < -0.39 is 0 Å². The van der Waals surface area contributed by atoms with Gasteiger partial charge in [0.1, 0.15) is 6.33 Å². The molecule has 0 aliphatic carbocycles. The summed E-state index contributed by atoms with van der Waals surface area (Å²) >= 11 is 0. The minimum atomic E-state index is -0.0800. The summed E-state index contributed by atoms with van der Waals surface area (Å²) < 4.78 is 3.02. The summed E-state index contributed by atoms with van der Waals surface area (Å²) in [5.74, 6) is 0. The van der Waals surface area contributed by atoms with Gasteiger partial charge in [0.15, 0.2) is 0 Å². The Balaban J connectivity index is 2.31. The van der Waals surface area contributed by atoms with E-state index in [1.54, 1.807) is 13.4 Å². The first kappa shape index (κ1) is 15.5. The van der Waals surface area contributed by atoms with E-state index in [0.717, 1.165) is 13.0 Å². The van der Waals surface area contributed by atoms with Gasteiger partial charge < -0.3 is 5.32 Å². The molecule has 0 bridgehead atoms. The quantitative estimate of drug-likeness (QED) is 0.884. The third kappa shape index (κ3) is 3.61. The Morgan fingerprint density at radius 1 is 1.33 bits per heavy atom. The molecular formula is C16H24N4O. The molecular weight excluding hydrogens is 264 g/mol. The van der Waals surface area contributed by atoms with Crippen LogP contribution >= 0.6 is 0 Å². The van der Waals surface area contributed by atoms with Gasteiger partial charge in [0.25, 0.3) is 0 Å². The molecule has 5 nitrogen and oxygen atoms in total. The Labute approximate surface area is 125 Å². The van der Waals surface area contributed by atoms with Crippen LogP contribution in [0.1, 0.15) is 36.1 Å². The Hall–Kier alpha value is -1.88. The number of hydrogen-bond acceptors (Lipinski definition) is 3. The van der Waals surface area contributed by atoms with Crippen LogP contribution in [-0.2, 0) is 13.6 Å². The lowest BCUT2D eigenvalue weighted by Gasteiger charge is -2.21. The zero-order valence-corrected chi connectivity index (χ0v) is 13.3. The van der Waals surface area contributed by atoms with Gasteiger partial charge >= 0.3 is 5.69 Å². The number of benzene rings is 1. The van der Waals surface area contributed by atoms with E-state index in [0.29, 0.717) is 6.54 Å². The Kier molecular flexibility index (Phi) is 4.96. The van der Waals surface area contributed by atoms with Crippen LogP contribution in [0.3, 0.4) is 0 Å². The minimum absolute atomic E-state index is 0.0800. The van der Waals surface area contributed by atoms with E-state index in [9.17, 15) is 4.79 Å². The van der Waals surface area contributed by atoms with E-state index in [1.165, 1.54) is 25.9 Å². The van der Waals surface area contributed by atoms with E-state index in [1.807, 2.05) is 0 Å². The molecule has 0 spiro atoms. The maximum Gasteiger partial charge on any atom is 0.345 e. The summed E-state index contributed by atoms with van der Waals surface area (Å²) in [7, 11) is 1.72. The van der Waals surface area contributed by atoms with E-state index in [-0.39, 0.29) is 11.7 Å². The van der Waals surface area contributed by atoms with Crippen LogP contribution in [0.15, 0.2) is 29.3 Å². The van der Waals surface area contributed by atoms with Crippen LogP contribution in [0.5, 0.6) is 0 Å². The number of hydrogen-bond donors (Lipinski definition) is 1. The molecule has 2 aromatic rings. The molecule has 0 aliphatic rings. The van der Waals surface area contributed by atoms with Crippen LogP contribution in [0.25, 0.3) is 0 Å². The number of aromatic nitrogens is 3. The monoisotopic (exact) mass is 288 g/mol. The maximum atomic E-state index is 12.0. The average Bonchev–Trinajstić information content (AvgIpc) is 2.78. The fourth-order valence-corrected chi connectivity index (χ4v) is 2.45. The minimum Gasteiger partial charge on any atom is -0.308 e. The van der Waals surface area contributed by atoms with Crippen molar-refractivity contribution in [2.45, 2.75) is 39.8 Å². The van der Waals surface area contributed by atoms with Gasteiger partial charge in [-0.2, -0.15) is 5.10 Å². The molecule has 0 saturated heterocycles. The van der Waals surface area contributed by atoms with Crippen LogP contribution in [0, 0.1) is 13.8 Å². The third-order valence-electron chi connectivity index (χ3n) is 3.69. The summed E-state index contributed by atoms with van der Waals surface area (Å²) in [5.41, 5.74) is 3.62. The van der Waals surface area contributed by atoms with Gasteiger partial charge in [-0.25, -0.2) is 9.48 Å². The molecule has 2 rings (SSSR count). The second-order valence-corrected chi connectivity index (χ2v) is 5.57. The molecule has 1 aromatic carbocycles. The van der Waals surface area contributed by atoms with Crippen molar-refractivity contribution in [3.63, 3.8) is 0 Å². The SMILES string of the molecule is CCCNC(Cn1ncn(C)c1=O)c1cc(C)ccc1C. The summed E-state index contributed by atoms with van der Waals surface area (Å²) in [4.78, 5) is 12.0. The van der Waals surface area contributed by atoms with Gasteiger partial charge in [0.2, 0.25) is 0 Å². The summed E-state index contributed by atoms with van der Waals surface area (Å²) in [5, 5.41) is 7.70. The molecule has 1 atom stereocenters. The van der Waals surface area contributed by atoms with Crippen LogP contribution in [0.2, 0.25) is 0 Å². The maximum absolute atomic E-state index is 12.0. The highest BCUT2D eigenvalue weighted by atomic mass is 16.2. The van der Waals surface area contributed by atoms with Gasteiger partial charge in [0.05, 0.1) is 12.6 Å². The van der Waals surface area contributed by atoms with Crippen molar-refractivity contribution in [3.8, 4) is 0 Å². The standard InChI is InChI=1S/C16H24N4O/c1-5-8-17-15(10-20-16(21)19(4)11-18-20)14-9-12(2)6-7-13(14)3/h6-7,9,11,15,17H,5,8,10H2,1-4H3. The van der Waals surface area contributed by atoms with E-state index >= 15 is 0 Å². The second-order valence-electron chi connectivity index (χ2n) is 5.57. The predicted molar refractivity (Wildman–Crippen MR) is 84.4 cm³/mol. The molecule has 1 unspecified atom stereocenters. The molecule has 0 radical (unpaired) electrons. The molecule has 0 amide bonds. The zero-order chi connectivity index (χ0) is 15.4. The molecule has 0 saturated carbocycles. The molecule has 0 aliphatic heterocycles. The summed E-state index contributed by atoms with van der Waals surface area (Å²) in [6.07, 6.45) is 2.61. The molecule has 5 heteroatoms. The normalized spacial score (nSPS) is 12.6. The van der Waals surface area contributed by atoms with Crippen LogP contribution in [-0.4, -0.2) is 20.9 Å². The lowest BCUT2D eigenvalue weighted by Crippen LogP contribution is -2.32. The fraction of sp³-hybridized carbons (Fsp3) is 0.500. The van der Waals surface area contributed by atoms with Crippen molar-refractivity contribution >= 4 is 0 Å². The molecule has 1 N–H and O–H groups in total. The lowest BCUT2D eigenvalue weighted by atomic mass is 9.98. The van der Waals surface area contributed by atoms with Crippen molar-refractivity contribution in [2.75, 3.05) is 6.54 Å². The Bertz CT molecular complexity index is 657. The van der Waals surface area contributed by atoms with Crippen molar-refractivity contribution in [1.82, 2.24) is 19.7 Å². The van der Waals surface area contributed by atoms with Crippen molar-refractivity contribution in [3.05, 3.63) is 51.7 Å². The van der Waals surface area contributed by atoms with Gasteiger partial charge in [-0.3, -0.25) is 4.57 Å². The highest BCUT2D eigenvalue weighted by Crippen LogP contribution is 2.20. The first-order valence-electron chi connectivity index (χ1n) is 7.42. The number of rotatable bonds is 6. The first-order valence-corrected chi connectivity index (χ1v) is 7.42. The topological polar surface area (TPSA) is 51.9 Å². The van der Waals surface area contributed by atoms with E-state index in [4.69, 9.17) is 0 Å². The highest BCUT2D eigenvalue weighted by Gasteiger charge is 2.16. The van der Waals surface area contributed by atoms with Crippen LogP contribution in [0.4, 0.5) is 0 Å². The van der Waals surface area contributed by atoms with E-state index in [2.05, 4.69) is 49.4 Å². The van der Waals surface area contributed by atoms with Gasteiger partial charge in [-0.15, -0.1) is 0 Å². The third-order valence-corrected chi connectivity index (χ3v) is 3.69. The number of nitrogens with zero attached hydrogens (tertiary/aromatic N) is 3. The molecule has 21 heavy (non-hydrogen) atoms. The number of nitrogens with one attached hydrogen (secondary N) is 1. The summed E-state index contributed by atoms with van der Waals surface area (Å²) in [6.45, 7) is 7.80. The molecule has 114 valence electrons. The van der Waals surface area contributed by atoms with Crippen molar-refractivity contribution < 1.29 is 0 Å². The smallest absolute Gasteiger partial charge is 0.308 e. The van der Waals surface area contributed by atoms with Crippen LogP contribution < -0.4 is 11.0 Å². The van der Waals surface area contributed by atoms with Gasteiger partial charge in [0, 0.05) is 7.05 Å². The molecule has 0 fully saturated rings. The largest absolute Gasteiger partial charge is 0.345 e. The van der Waals surface area contributed by atoms with Crippen molar-refractivity contribution in [1.29, 1.82) is 0 Å². The zero-order valence-electron chi connectivity index (χ0n) is 13.3. The molecule has 1 aromatic heterocycles. The lowest BCUT2D eigenvalue weighted by molar-refractivity contribution is 0.427. The van der Waals surface area contributed by atoms with Crippen molar-refractivity contribution in [2.24, 2.45) is 7.05 Å². The number of aryl methyl sites for hydroxylation is 3. The first-order chi connectivity index (χ1) is 10.0. The van der Waals surface area contributed by atoms with Gasteiger partial charge in [-0.1, -0.05) is 30.7 Å². The van der Waals surface area contributed by atoms with Gasteiger partial charge in [-0.05, 0) is 37.9 Å². The summed E-state index contributed by atoms with van der Waals surface area (Å²) in [6, 6.07) is 6.53. The highest BCUT2D eigenvalue weighted by molar-refractivity contribution is 5.33. The fourth-order valence-electron chi connectivity index (χ4n) is 2.45. The predicted octanol–water partition coefficient (Wildman–Crippen LogP) is 1.94. The Morgan fingerprint density at radius 3 is 2.71 bits per heavy atom. The second kappa shape index (κ2) is 6.72. The average molecular weight is 288 g/mol.